The Balaban J connectivity index is 3.01. The first-order valence-electron chi connectivity index (χ1n) is 5.58. The second-order valence-electron chi connectivity index (χ2n) is 3.66. The van der Waals surface area contributed by atoms with Crippen molar-refractivity contribution in [2.24, 2.45) is 0 Å². The number of carbonyl (C=O) groups is 2. The molecule has 0 aliphatic rings. The summed E-state index contributed by atoms with van der Waals surface area (Å²) in [6.45, 7) is 0. The molecule has 1 aromatic heterocycles. The van der Waals surface area contributed by atoms with Crippen molar-refractivity contribution in [1.29, 1.82) is 0 Å². The Morgan fingerprint density at radius 2 is 1.20 bits per heavy atom. The number of amides is 2. The summed E-state index contributed by atoms with van der Waals surface area (Å²) in [6.07, 6.45) is 0. The maximum atomic E-state index is 12.1. The van der Waals surface area contributed by atoms with E-state index in [0.29, 0.717) is 0 Å². The van der Waals surface area contributed by atoms with Gasteiger partial charge in [-0.2, -0.15) is 50.5 Å². The zero-order chi connectivity index (χ0) is 15.1. The van der Waals surface area contributed by atoms with E-state index in [1.54, 1.807) is 18.2 Å². The summed E-state index contributed by atoms with van der Waals surface area (Å²) < 4.78 is 0. The molecule has 0 aliphatic heterocycles. The summed E-state index contributed by atoms with van der Waals surface area (Å²) in [6, 6.07) is 4.70. The molecule has 20 heavy (non-hydrogen) atoms. The van der Waals surface area contributed by atoms with Crippen LogP contribution in [0.25, 0.3) is 0 Å². The molecule has 110 valence electrons. The SMILES string of the molecule is O=C(c1cccc(C(=O)N(CS)CS)n1)N(CS)CS. The molecule has 1 aromatic rings. The smallest absolute Gasteiger partial charge is 0.273 e. The number of hydrogen-bond donors (Lipinski definition) is 4. The number of pyridine rings is 1. The van der Waals surface area contributed by atoms with Gasteiger partial charge in [0.15, 0.2) is 0 Å². The molecule has 0 fully saturated rings. The van der Waals surface area contributed by atoms with Gasteiger partial charge >= 0.3 is 0 Å². The van der Waals surface area contributed by atoms with Crippen LogP contribution in [0.4, 0.5) is 0 Å². The van der Waals surface area contributed by atoms with Crippen LogP contribution >= 0.6 is 50.5 Å². The Labute approximate surface area is 139 Å². The van der Waals surface area contributed by atoms with Gasteiger partial charge in [0.2, 0.25) is 0 Å². The van der Waals surface area contributed by atoms with Crippen LogP contribution in [-0.2, 0) is 0 Å². The average molecular weight is 350 g/mol. The van der Waals surface area contributed by atoms with Crippen molar-refractivity contribution < 1.29 is 9.59 Å². The van der Waals surface area contributed by atoms with Crippen molar-refractivity contribution in [2.45, 2.75) is 0 Å². The van der Waals surface area contributed by atoms with Gasteiger partial charge < -0.3 is 9.80 Å². The molecule has 5 nitrogen and oxygen atoms in total. The Morgan fingerprint density at radius 1 is 0.850 bits per heavy atom. The van der Waals surface area contributed by atoms with E-state index in [4.69, 9.17) is 0 Å². The standard InChI is InChI=1S/C11H15N3O2S4/c15-10(13(4-17)5-18)8-2-1-3-9(12-8)11(16)14(6-19)7-20/h1-3,17-20H,4-7H2. The molecule has 0 radical (unpaired) electrons. The van der Waals surface area contributed by atoms with Gasteiger partial charge in [0.25, 0.3) is 11.8 Å². The summed E-state index contributed by atoms with van der Waals surface area (Å²) in [5.41, 5.74) is 0.356. The summed E-state index contributed by atoms with van der Waals surface area (Å²) in [7, 11) is 0. The molecule has 0 bridgehead atoms. The van der Waals surface area contributed by atoms with E-state index >= 15 is 0 Å². The fourth-order valence-corrected chi connectivity index (χ4v) is 2.57. The molecular weight excluding hydrogens is 334 g/mol. The molecule has 1 heterocycles. The van der Waals surface area contributed by atoms with Crippen molar-refractivity contribution in [3.63, 3.8) is 0 Å². The second-order valence-corrected chi connectivity index (χ2v) is 4.80. The highest BCUT2D eigenvalue weighted by molar-refractivity contribution is 7.81. The highest BCUT2D eigenvalue weighted by atomic mass is 32.1. The Bertz CT molecular complexity index is 439. The monoisotopic (exact) mass is 349 g/mol. The van der Waals surface area contributed by atoms with Gasteiger partial charge in [-0.15, -0.1) is 0 Å². The van der Waals surface area contributed by atoms with Gasteiger partial charge in [0, 0.05) is 0 Å². The van der Waals surface area contributed by atoms with E-state index in [9.17, 15) is 9.59 Å². The van der Waals surface area contributed by atoms with E-state index in [1.807, 2.05) is 0 Å². The number of carbonyl (C=O) groups excluding carboxylic acids is 2. The first-order valence-corrected chi connectivity index (χ1v) is 8.11. The second kappa shape index (κ2) is 8.71. The van der Waals surface area contributed by atoms with Gasteiger partial charge in [-0.3, -0.25) is 9.59 Å². The lowest BCUT2D eigenvalue weighted by molar-refractivity contribution is 0.0801. The third-order valence-corrected chi connectivity index (χ3v) is 3.81. The van der Waals surface area contributed by atoms with Crippen LogP contribution in [0.15, 0.2) is 18.2 Å². The topological polar surface area (TPSA) is 53.5 Å². The molecule has 0 saturated carbocycles. The van der Waals surface area contributed by atoms with E-state index in [1.165, 1.54) is 9.80 Å². The molecule has 1 rings (SSSR count). The van der Waals surface area contributed by atoms with Gasteiger partial charge in [-0.1, -0.05) is 6.07 Å². The number of hydrogen-bond acceptors (Lipinski definition) is 7. The molecular formula is C11H15N3O2S4. The lowest BCUT2D eigenvalue weighted by atomic mass is 10.2. The van der Waals surface area contributed by atoms with Crippen molar-refractivity contribution in [3.05, 3.63) is 29.6 Å². The summed E-state index contributed by atoms with van der Waals surface area (Å²) in [5.74, 6) is 0.243. The van der Waals surface area contributed by atoms with Gasteiger partial charge in [0.1, 0.15) is 11.4 Å². The molecule has 0 saturated heterocycles. The zero-order valence-electron chi connectivity index (χ0n) is 10.5. The minimum atomic E-state index is -0.326. The van der Waals surface area contributed by atoms with E-state index in [2.05, 4.69) is 55.5 Å². The van der Waals surface area contributed by atoms with Crippen LogP contribution in [0.2, 0.25) is 0 Å². The first kappa shape index (κ1) is 17.5. The highest BCUT2D eigenvalue weighted by Crippen LogP contribution is 2.09. The normalized spacial score (nSPS) is 10.2. The number of rotatable bonds is 6. The minimum Gasteiger partial charge on any atom is -0.319 e. The highest BCUT2D eigenvalue weighted by Gasteiger charge is 2.19. The van der Waals surface area contributed by atoms with Gasteiger partial charge in [0.05, 0.1) is 23.5 Å². The summed E-state index contributed by atoms with van der Waals surface area (Å²) >= 11 is 16.2. The first-order chi connectivity index (χ1) is 9.58. The van der Waals surface area contributed by atoms with E-state index in [-0.39, 0.29) is 46.7 Å². The maximum absolute atomic E-state index is 12.1. The Hall–Kier alpha value is -0.510. The number of thiol groups is 4. The third kappa shape index (κ3) is 4.24. The summed E-state index contributed by atoms with van der Waals surface area (Å²) in [5, 5.41) is 0. The molecule has 9 heteroatoms. The van der Waals surface area contributed by atoms with Crippen molar-refractivity contribution >= 4 is 62.3 Å². The van der Waals surface area contributed by atoms with Crippen molar-refractivity contribution in [3.8, 4) is 0 Å². The van der Waals surface area contributed by atoms with Gasteiger partial charge in [-0.25, -0.2) is 4.98 Å². The zero-order valence-corrected chi connectivity index (χ0v) is 14.1. The van der Waals surface area contributed by atoms with Crippen LogP contribution in [0.1, 0.15) is 21.0 Å². The predicted molar refractivity (Wildman–Crippen MR) is 92.0 cm³/mol. The van der Waals surface area contributed by atoms with Crippen molar-refractivity contribution in [2.75, 3.05) is 23.5 Å². The molecule has 0 aromatic carbocycles. The lowest BCUT2D eigenvalue weighted by Crippen LogP contribution is -2.32. The summed E-state index contributed by atoms with van der Waals surface area (Å²) in [4.78, 5) is 31.1. The third-order valence-electron chi connectivity index (χ3n) is 2.44. The lowest BCUT2D eigenvalue weighted by Gasteiger charge is -2.19. The maximum Gasteiger partial charge on any atom is 0.273 e. The van der Waals surface area contributed by atoms with Crippen LogP contribution in [0, 0.1) is 0 Å². The van der Waals surface area contributed by atoms with Gasteiger partial charge in [-0.05, 0) is 12.1 Å². The average Bonchev–Trinajstić information content (AvgIpc) is 2.49. The van der Waals surface area contributed by atoms with Crippen LogP contribution in [0.5, 0.6) is 0 Å². The van der Waals surface area contributed by atoms with Crippen LogP contribution in [0.3, 0.4) is 0 Å². The van der Waals surface area contributed by atoms with E-state index in [0.717, 1.165) is 0 Å². The largest absolute Gasteiger partial charge is 0.319 e. The van der Waals surface area contributed by atoms with Crippen LogP contribution < -0.4 is 0 Å². The minimum absolute atomic E-state index is 0.178. The van der Waals surface area contributed by atoms with Crippen molar-refractivity contribution in [1.82, 2.24) is 14.8 Å². The fraction of sp³-hybridized carbons (Fsp3) is 0.364. The molecule has 0 atom stereocenters. The predicted octanol–water partition coefficient (Wildman–Crippen LogP) is 1.52. The quantitative estimate of drug-likeness (QED) is 0.465. The molecule has 0 N–H and O–H groups in total. The Kier molecular flexibility index (Phi) is 7.63. The number of nitrogens with zero attached hydrogens (tertiary/aromatic N) is 3. The van der Waals surface area contributed by atoms with E-state index < -0.39 is 0 Å². The molecule has 2 amide bonds. The number of aromatic nitrogens is 1. The fourth-order valence-electron chi connectivity index (χ4n) is 1.34. The van der Waals surface area contributed by atoms with Crippen LogP contribution in [-0.4, -0.2) is 50.1 Å². The Morgan fingerprint density at radius 3 is 1.50 bits per heavy atom. The molecule has 0 spiro atoms. The molecule has 0 unspecified atom stereocenters. The molecule has 0 aliphatic carbocycles.